The topological polar surface area (TPSA) is 72.9 Å². The van der Waals surface area contributed by atoms with E-state index in [4.69, 9.17) is 5.73 Å². The van der Waals surface area contributed by atoms with Gasteiger partial charge in [-0.05, 0) is 12.1 Å². The van der Waals surface area contributed by atoms with Crippen LogP contribution in [0.25, 0.3) is 11.0 Å². The van der Waals surface area contributed by atoms with Crippen molar-refractivity contribution in [1.29, 1.82) is 0 Å². The smallest absolute Gasteiger partial charge is 0.218 e. The first-order chi connectivity index (χ1) is 8.18. The second-order valence-corrected chi connectivity index (χ2v) is 3.97. The average Bonchev–Trinajstić information content (AvgIpc) is 2.63. The summed E-state index contributed by atoms with van der Waals surface area (Å²) in [6.07, 6.45) is 0.351. The van der Waals surface area contributed by atoms with Crippen molar-refractivity contribution < 1.29 is 4.79 Å². The molecule has 0 atom stereocenters. The van der Waals surface area contributed by atoms with Gasteiger partial charge in [0.2, 0.25) is 5.91 Å². The Hall–Kier alpha value is -1.88. The minimum Gasteiger partial charge on any atom is -0.370 e. The molecule has 1 heterocycles. The number of hydrogen-bond donors (Lipinski definition) is 2. The minimum atomic E-state index is -0.289. The van der Waals surface area contributed by atoms with Gasteiger partial charge in [-0.25, -0.2) is 4.98 Å². The number of benzene rings is 1. The molecule has 0 saturated carbocycles. The molecule has 3 N–H and O–H groups in total. The number of aryl methyl sites for hydroxylation is 1. The quantitative estimate of drug-likeness (QED) is 0.739. The zero-order valence-corrected chi connectivity index (χ0v) is 9.81. The van der Waals surface area contributed by atoms with Crippen molar-refractivity contribution >= 4 is 16.9 Å². The fourth-order valence-electron chi connectivity index (χ4n) is 1.77. The maximum absolute atomic E-state index is 10.6. The van der Waals surface area contributed by atoms with E-state index in [-0.39, 0.29) is 5.91 Å². The molecule has 0 bridgehead atoms. The molecule has 0 aliphatic heterocycles. The average molecular weight is 232 g/mol. The molecule has 2 rings (SSSR count). The van der Waals surface area contributed by atoms with Gasteiger partial charge in [-0.3, -0.25) is 4.79 Å². The van der Waals surface area contributed by atoms with Crippen LogP contribution in [0.2, 0.25) is 0 Å². The summed E-state index contributed by atoms with van der Waals surface area (Å²) < 4.78 is 2.05. The number of carbonyl (C=O) groups is 1. The Kier molecular flexibility index (Phi) is 3.39. The minimum absolute atomic E-state index is 0.289. The lowest BCUT2D eigenvalue weighted by atomic mass is 10.3. The zero-order valence-electron chi connectivity index (χ0n) is 9.81. The lowest BCUT2D eigenvalue weighted by molar-refractivity contribution is -0.117. The first-order valence-electron chi connectivity index (χ1n) is 5.58. The molecule has 0 unspecified atom stereocenters. The van der Waals surface area contributed by atoms with Crippen LogP contribution in [0.15, 0.2) is 24.3 Å². The van der Waals surface area contributed by atoms with Gasteiger partial charge in [-0.1, -0.05) is 12.1 Å². The summed E-state index contributed by atoms with van der Waals surface area (Å²) in [5, 5.41) is 3.15. The fraction of sp³-hybridized carbons (Fsp3) is 0.333. The van der Waals surface area contributed by atoms with Crippen molar-refractivity contribution in [2.45, 2.75) is 13.0 Å². The van der Waals surface area contributed by atoms with E-state index in [2.05, 4.69) is 10.3 Å². The standard InChI is InChI=1S/C12H16N4O/c1-16-10-5-3-2-4-9(10)15-12(16)8-14-7-6-11(13)17/h2-5,14H,6-8H2,1H3,(H2,13,17). The number of imidazole rings is 1. The van der Waals surface area contributed by atoms with Gasteiger partial charge in [-0.2, -0.15) is 0 Å². The fourth-order valence-corrected chi connectivity index (χ4v) is 1.77. The molecule has 5 heteroatoms. The van der Waals surface area contributed by atoms with Crippen molar-refractivity contribution in [3.8, 4) is 0 Å². The largest absolute Gasteiger partial charge is 0.370 e. The van der Waals surface area contributed by atoms with Crippen molar-refractivity contribution in [3.05, 3.63) is 30.1 Å². The van der Waals surface area contributed by atoms with Crippen LogP contribution in [0, 0.1) is 0 Å². The van der Waals surface area contributed by atoms with Gasteiger partial charge in [0.15, 0.2) is 0 Å². The third-order valence-corrected chi connectivity index (χ3v) is 2.71. The number of primary amides is 1. The van der Waals surface area contributed by atoms with E-state index >= 15 is 0 Å². The number of para-hydroxylation sites is 2. The van der Waals surface area contributed by atoms with E-state index in [0.717, 1.165) is 16.9 Å². The maximum atomic E-state index is 10.6. The molecular formula is C12H16N4O. The number of aromatic nitrogens is 2. The predicted molar refractivity (Wildman–Crippen MR) is 66.2 cm³/mol. The molecule has 5 nitrogen and oxygen atoms in total. The Labute approximate surface area is 99.6 Å². The Morgan fingerprint density at radius 3 is 2.94 bits per heavy atom. The highest BCUT2D eigenvalue weighted by molar-refractivity contribution is 5.75. The lowest BCUT2D eigenvalue weighted by Gasteiger charge is -2.03. The van der Waals surface area contributed by atoms with Crippen molar-refractivity contribution in [2.75, 3.05) is 6.54 Å². The van der Waals surface area contributed by atoms with Crippen molar-refractivity contribution in [1.82, 2.24) is 14.9 Å². The third kappa shape index (κ3) is 2.62. The number of amides is 1. The Morgan fingerprint density at radius 2 is 2.24 bits per heavy atom. The van der Waals surface area contributed by atoms with Gasteiger partial charge in [0.05, 0.1) is 17.6 Å². The summed E-state index contributed by atoms with van der Waals surface area (Å²) >= 11 is 0. The normalized spacial score (nSPS) is 10.9. The summed E-state index contributed by atoms with van der Waals surface area (Å²) in [7, 11) is 1.99. The van der Waals surface area contributed by atoms with E-state index in [9.17, 15) is 4.79 Å². The van der Waals surface area contributed by atoms with Gasteiger partial charge >= 0.3 is 0 Å². The molecular weight excluding hydrogens is 216 g/mol. The molecule has 0 saturated heterocycles. The maximum Gasteiger partial charge on any atom is 0.218 e. The monoisotopic (exact) mass is 232 g/mol. The molecule has 1 amide bonds. The van der Waals surface area contributed by atoms with E-state index < -0.39 is 0 Å². The van der Waals surface area contributed by atoms with E-state index in [1.54, 1.807) is 0 Å². The first-order valence-corrected chi connectivity index (χ1v) is 5.58. The number of nitrogens with two attached hydrogens (primary N) is 1. The number of rotatable bonds is 5. The molecule has 0 spiro atoms. The van der Waals surface area contributed by atoms with Crippen LogP contribution in [-0.2, 0) is 18.4 Å². The van der Waals surface area contributed by atoms with E-state index in [1.165, 1.54) is 0 Å². The number of carbonyl (C=O) groups excluding carboxylic acids is 1. The predicted octanol–water partition coefficient (Wildman–Crippen LogP) is 0.538. The van der Waals surface area contributed by atoms with Crippen LogP contribution in [0.4, 0.5) is 0 Å². The highest BCUT2D eigenvalue weighted by atomic mass is 16.1. The van der Waals surface area contributed by atoms with E-state index in [0.29, 0.717) is 19.5 Å². The highest BCUT2D eigenvalue weighted by Gasteiger charge is 2.06. The van der Waals surface area contributed by atoms with Crippen LogP contribution < -0.4 is 11.1 Å². The summed E-state index contributed by atoms with van der Waals surface area (Å²) in [4.78, 5) is 15.1. The number of nitrogens with zero attached hydrogens (tertiary/aromatic N) is 2. The highest BCUT2D eigenvalue weighted by Crippen LogP contribution is 2.13. The number of fused-ring (bicyclic) bond motifs is 1. The molecule has 2 aromatic rings. The third-order valence-electron chi connectivity index (χ3n) is 2.71. The molecule has 0 aliphatic carbocycles. The molecule has 1 aromatic heterocycles. The molecule has 1 aromatic carbocycles. The van der Waals surface area contributed by atoms with Gasteiger partial charge in [0.25, 0.3) is 0 Å². The van der Waals surface area contributed by atoms with Crippen LogP contribution in [0.5, 0.6) is 0 Å². The second kappa shape index (κ2) is 4.97. The molecule has 0 radical (unpaired) electrons. The zero-order chi connectivity index (χ0) is 12.3. The lowest BCUT2D eigenvalue weighted by Crippen LogP contribution is -2.22. The molecule has 0 aliphatic rings. The van der Waals surface area contributed by atoms with E-state index in [1.807, 2.05) is 35.9 Å². The van der Waals surface area contributed by atoms with Crippen molar-refractivity contribution in [2.24, 2.45) is 12.8 Å². The molecule has 0 fully saturated rings. The van der Waals surface area contributed by atoms with Gasteiger partial charge < -0.3 is 15.6 Å². The Bertz CT molecular complexity index is 532. The Balaban J connectivity index is 2.04. The van der Waals surface area contributed by atoms with Gasteiger partial charge in [0, 0.05) is 20.0 Å². The summed E-state index contributed by atoms with van der Waals surface area (Å²) in [5.41, 5.74) is 7.16. The summed E-state index contributed by atoms with van der Waals surface area (Å²) in [5.74, 6) is 0.665. The summed E-state index contributed by atoms with van der Waals surface area (Å²) in [6.45, 7) is 1.22. The molecule has 90 valence electrons. The van der Waals surface area contributed by atoms with Gasteiger partial charge in [-0.15, -0.1) is 0 Å². The molecule has 17 heavy (non-hydrogen) atoms. The summed E-state index contributed by atoms with van der Waals surface area (Å²) in [6, 6.07) is 7.99. The number of hydrogen-bond acceptors (Lipinski definition) is 3. The van der Waals surface area contributed by atoms with Crippen LogP contribution >= 0.6 is 0 Å². The van der Waals surface area contributed by atoms with Crippen LogP contribution in [0.1, 0.15) is 12.2 Å². The first kappa shape index (κ1) is 11.6. The Morgan fingerprint density at radius 1 is 1.47 bits per heavy atom. The number of nitrogens with one attached hydrogen (secondary N) is 1. The van der Waals surface area contributed by atoms with Crippen molar-refractivity contribution in [3.63, 3.8) is 0 Å². The SMILES string of the molecule is Cn1c(CNCCC(N)=O)nc2ccccc21. The van der Waals surface area contributed by atoms with Crippen LogP contribution in [0.3, 0.4) is 0 Å². The second-order valence-electron chi connectivity index (χ2n) is 3.97. The van der Waals surface area contributed by atoms with Gasteiger partial charge in [0.1, 0.15) is 5.82 Å². The van der Waals surface area contributed by atoms with Crippen LogP contribution in [-0.4, -0.2) is 22.0 Å².